The molecule has 3 fully saturated rings. The number of ether oxygens (including phenoxy) is 3. The van der Waals surface area contributed by atoms with Crippen LogP contribution in [0.5, 0.6) is 0 Å². The van der Waals surface area contributed by atoms with Crippen molar-refractivity contribution in [3.05, 3.63) is 60.1 Å². The number of esters is 2. The average molecular weight is 481 g/mol. The van der Waals surface area contributed by atoms with Gasteiger partial charge in [-0.1, -0.05) is 44.2 Å². The van der Waals surface area contributed by atoms with E-state index in [1.165, 1.54) is 7.11 Å². The number of carbonyl (C=O) groups is 3. The van der Waals surface area contributed by atoms with Crippen LogP contribution in [0.25, 0.3) is 0 Å². The Morgan fingerprint density at radius 1 is 1.11 bits per heavy atom. The van der Waals surface area contributed by atoms with Crippen LogP contribution in [0, 0.1) is 28.6 Å². The van der Waals surface area contributed by atoms with E-state index in [0.717, 1.165) is 11.1 Å². The first-order chi connectivity index (χ1) is 16.8. The zero-order valence-corrected chi connectivity index (χ0v) is 20.4. The van der Waals surface area contributed by atoms with Crippen molar-refractivity contribution in [2.24, 2.45) is 28.6 Å². The van der Waals surface area contributed by atoms with Crippen LogP contribution < -0.4 is 0 Å². The lowest BCUT2D eigenvalue weighted by molar-refractivity contribution is -0.210. The van der Waals surface area contributed by atoms with Gasteiger partial charge in [-0.05, 0) is 48.1 Å². The van der Waals surface area contributed by atoms with Crippen LogP contribution in [0.1, 0.15) is 56.8 Å². The Kier molecular flexibility index (Phi) is 6.08. The molecule has 2 aliphatic carbocycles. The molecule has 3 aliphatic rings. The fourth-order valence-electron chi connectivity index (χ4n) is 7.08. The topological polar surface area (TPSA) is 92.0 Å². The van der Waals surface area contributed by atoms with Crippen LogP contribution in [0.15, 0.2) is 53.3 Å². The van der Waals surface area contributed by atoms with Crippen molar-refractivity contribution in [2.75, 3.05) is 7.11 Å². The summed E-state index contributed by atoms with van der Waals surface area (Å²) in [4.78, 5) is 40.4. The van der Waals surface area contributed by atoms with Crippen LogP contribution in [0.2, 0.25) is 0 Å². The molecule has 0 amide bonds. The van der Waals surface area contributed by atoms with Gasteiger partial charge in [0.1, 0.15) is 12.2 Å². The Balaban J connectivity index is 1.52. The standard InChI is InChI=1S/C28H32O7/c1-27-11-9-19-26(31)35-22(18-10-12-33-16-18)14-28(19,2)24(27)23(29)21(13-20(27)25(30)32-3)34-15-17-7-5-4-6-8-17/h4-8,10,12,16,19-22,24H,9,11,13-15H2,1-3H3/t19?,20-,21-,22-,24-,27-,28-/m0/s1. The van der Waals surface area contributed by atoms with Gasteiger partial charge >= 0.3 is 11.9 Å². The van der Waals surface area contributed by atoms with E-state index >= 15 is 0 Å². The number of hydrogen-bond donors (Lipinski definition) is 0. The van der Waals surface area contributed by atoms with Gasteiger partial charge in [0, 0.05) is 11.5 Å². The molecule has 0 N–H and O–H groups in total. The molecule has 0 spiro atoms. The van der Waals surface area contributed by atoms with E-state index in [0.29, 0.717) is 19.3 Å². The number of carbonyl (C=O) groups excluding carboxylic acids is 3. The molecule has 2 aromatic rings. The number of methoxy groups -OCH3 is 1. The fourth-order valence-corrected chi connectivity index (χ4v) is 7.08. The first-order valence-corrected chi connectivity index (χ1v) is 12.3. The molecule has 1 aliphatic heterocycles. The highest BCUT2D eigenvalue weighted by Gasteiger charge is 2.67. The smallest absolute Gasteiger partial charge is 0.310 e. The predicted octanol–water partition coefficient (Wildman–Crippen LogP) is 4.65. The van der Waals surface area contributed by atoms with Crippen LogP contribution in [-0.2, 0) is 35.2 Å². The quantitative estimate of drug-likeness (QED) is 0.575. The Morgan fingerprint density at radius 2 is 1.89 bits per heavy atom. The minimum Gasteiger partial charge on any atom is -0.472 e. The van der Waals surface area contributed by atoms with Crippen molar-refractivity contribution in [3.63, 3.8) is 0 Å². The Bertz CT molecular complexity index is 1090. The minimum absolute atomic E-state index is 0.0311. The summed E-state index contributed by atoms with van der Waals surface area (Å²) in [6.45, 7) is 4.30. The second kappa shape index (κ2) is 8.94. The molecule has 0 bridgehead atoms. The van der Waals surface area contributed by atoms with E-state index in [1.54, 1.807) is 18.6 Å². The third kappa shape index (κ3) is 3.90. The predicted molar refractivity (Wildman–Crippen MR) is 125 cm³/mol. The molecule has 35 heavy (non-hydrogen) atoms. The molecule has 7 atom stereocenters. The monoisotopic (exact) mass is 480 g/mol. The van der Waals surface area contributed by atoms with Gasteiger partial charge in [-0.3, -0.25) is 14.4 Å². The molecular weight excluding hydrogens is 448 g/mol. The van der Waals surface area contributed by atoms with Crippen molar-refractivity contribution in [1.29, 1.82) is 0 Å². The highest BCUT2D eigenvalue weighted by molar-refractivity contribution is 5.92. The third-order valence-electron chi connectivity index (χ3n) is 8.80. The summed E-state index contributed by atoms with van der Waals surface area (Å²) in [5, 5.41) is 0. The van der Waals surface area contributed by atoms with Crippen molar-refractivity contribution in [2.45, 2.75) is 58.3 Å². The minimum atomic E-state index is -0.752. The Hall–Kier alpha value is -2.93. The number of fused-ring (bicyclic) bond motifs is 3. The van der Waals surface area contributed by atoms with E-state index in [-0.39, 0.29) is 30.7 Å². The molecule has 0 radical (unpaired) electrons. The van der Waals surface area contributed by atoms with Gasteiger partial charge in [0.15, 0.2) is 5.78 Å². The molecule has 7 nitrogen and oxygen atoms in total. The summed E-state index contributed by atoms with van der Waals surface area (Å²) >= 11 is 0. The molecular formula is C28H32O7. The second-order valence-electron chi connectivity index (χ2n) is 10.7. The van der Waals surface area contributed by atoms with Gasteiger partial charge in [-0.2, -0.15) is 0 Å². The molecule has 1 aromatic heterocycles. The first kappa shape index (κ1) is 23.8. The highest BCUT2D eigenvalue weighted by Crippen LogP contribution is 2.65. The lowest BCUT2D eigenvalue weighted by Gasteiger charge is -2.61. The van der Waals surface area contributed by atoms with Crippen LogP contribution in [-0.4, -0.2) is 30.9 Å². The van der Waals surface area contributed by atoms with Crippen LogP contribution in [0.4, 0.5) is 0 Å². The number of Topliss-reactive ketones (excluding diaryl/α,β-unsaturated/α-hetero) is 1. The van der Waals surface area contributed by atoms with E-state index < -0.39 is 40.8 Å². The summed E-state index contributed by atoms with van der Waals surface area (Å²) < 4.78 is 22.4. The highest BCUT2D eigenvalue weighted by atomic mass is 16.5. The number of hydrogen-bond acceptors (Lipinski definition) is 7. The van der Waals surface area contributed by atoms with E-state index in [4.69, 9.17) is 18.6 Å². The average Bonchev–Trinajstić information content (AvgIpc) is 3.38. The van der Waals surface area contributed by atoms with E-state index in [1.807, 2.05) is 44.2 Å². The second-order valence-corrected chi connectivity index (χ2v) is 10.7. The van der Waals surface area contributed by atoms with Gasteiger partial charge in [0.05, 0.1) is 38.1 Å². The van der Waals surface area contributed by atoms with E-state index in [2.05, 4.69) is 0 Å². The van der Waals surface area contributed by atoms with Crippen LogP contribution >= 0.6 is 0 Å². The summed E-state index contributed by atoms with van der Waals surface area (Å²) in [6.07, 6.45) is 3.77. The normalized spacial score (nSPS) is 36.6. The zero-order valence-electron chi connectivity index (χ0n) is 20.4. The summed E-state index contributed by atoms with van der Waals surface area (Å²) in [5.41, 5.74) is 0.399. The molecule has 1 aromatic carbocycles. The first-order valence-electron chi connectivity index (χ1n) is 12.3. The van der Waals surface area contributed by atoms with Crippen molar-refractivity contribution in [1.82, 2.24) is 0 Å². The molecule has 5 rings (SSSR count). The van der Waals surface area contributed by atoms with E-state index in [9.17, 15) is 14.4 Å². The van der Waals surface area contributed by atoms with Crippen molar-refractivity contribution < 1.29 is 33.0 Å². The SMILES string of the molecule is COC(=O)[C@@H]1C[C@H](OCc2ccccc2)C(=O)[C@H]2[C@@]1(C)CCC1C(=O)O[C@H](c3ccoc3)C[C@@]12C. The number of benzene rings is 1. The maximum Gasteiger partial charge on any atom is 0.310 e. The summed E-state index contributed by atoms with van der Waals surface area (Å²) in [6, 6.07) is 11.4. The number of furan rings is 1. The molecule has 1 unspecified atom stereocenters. The lowest BCUT2D eigenvalue weighted by atomic mass is 9.43. The van der Waals surface area contributed by atoms with Crippen LogP contribution in [0.3, 0.4) is 0 Å². The maximum atomic E-state index is 14.2. The fraction of sp³-hybridized carbons (Fsp3) is 0.536. The summed E-state index contributed by atoms with van der Waals surface area (Å²) in [5.74, 6) is -2.11. The van der Waals surface area contributed by atoms with Crippen molar-refractivity contribution in [3.8, 4) is 0 Å². The maximum absolute atomic E-state index is 14.2. The van der Waals surface area contributed by atoms with Gasteiger partial charge in [-0.15, -0.1) is 0 Å². The van der Waals surface area contributed by atoms with Gasteiger partial charge < -0.3 is 18.6 Å². The molecule has 186 valence electrons. The Morgan fingerprint density at radius 3 is 2.57 bits per heavy atom. The largest absolute Gasteiger partial charge is 0.472 e. The van der Waals surface area contributed by atoms with Gasteiger partial charge in [0.2, 0.25) is 0 Å². The van der Waals surface area contributed by atoms with Crippen molar-refractivity contribution >= 4 is 17.7 Å². The third-order valence-corrected chi connectivity index (χ3v) is 8.80. The zero-order chi connectivity index (χ0) is 24.8. The lowest BCUT2D eigenvalue weighted by Crippen LogP contribution is -2.64. The number of rotatable bonds is 5. The molecule has 7 heteroatoms. The summed E-state index contributed by atoms with van der Waals surface area (Å²) in [7, 11) is 1.39. The molecule has 1 saturated heterocycles. The van der Waals surface area contributed by atoms with Gasteiger partial charge in [-0.25, -0.2) is 0 Å². The molecule has 2 saturated carbocycles. The van der Waals surface area contributed by atoms with Gasteiger partial charge in [0.25, 0.3) is 0 Å². The Labute approximate surface area is 205 Å². The molecule has 2 heterocycles. The number of ketones is 1. The number of cyclic esters (lactones) is 1.